The van der Waals surface area contributed by atoms with Crippen LogP contribution in [0.3, 0.4) is 0 Å². The van der Waals surface area contributed by atoms with Gasteiger partial charge in [-0.15, -0.1) is 0 Å². The van der Waals surface area contributed by atoms with E-state index in [-0.39, 0.29) is 0 Å². The van der Waals surface area contributed by atoms with Crippen LogP contribution >= 0.6 is 0 Å². The van der Waals surface area contributed by atoms with E-state index in [0.717, 1.165) is 30.2 Å². The molecule has 2 heteroatoms. The van der Waals surface area contributed by atoms with E-state index in [1.165, 1.54) is 25.7 Å². The van der Waals surface area contributed by atoms with Gasteiger partial charge in [0.2, 0.25) is 0 Å². The minimum Gasteiger partial charge on any atom is -0.465 e. The molecular weight excluding hydrogens is 198 g/mol. The zero-order valence-electron chi connectivity index (χ0n) is 9.56. The molecule has 2 saturated carbocycles. The van der Waals surface area contributed by atoms with Gasteiger partial charge < -0.3 is 9.73 Å². The van der Waals surface area contributed by atoms with Gasteiger partial charge in [-0.2, -0.15) is 0 Å². The number of rotatable bonds is 4. The van der Waals surface area contributed by atoms with E-state index in [2.05, 4.69) is 11.4 Å². The van der Waals surface area contributed by atoms with Crippen LogP contribution in [-0.2, 0) is 0 Å². The first-order chi connectivity index (χ1) is 7.92. The minimum atomic E-state index is 0.778. The lowest BCUT2D eigenvalue weighted by atomic mass is 9.95. The molecule has 0 amide bonds. The summed E-state index contributed by atoms with van der Waals surface area (Å²) in [5.74, 6) is 2.92. The van der Waals surface area contributed by atoms with E-state index in [9.17, 15) is 0 Å². The first-order valence-electron chi connectivity index (χ1n) is 6.35. The van der Waals surface area contributed by atoms with Crippen LogP contribution in [0.4, 0.5) is 0 Å². The van der Waals surface area contributed by atoms with Crippen molar-refractivity contribution in [3.8, 4) is 0 Å². The van der Waals surface area contributed by atoms with Gasteiger partial charge in [0.25, 0.3) is 0 Å². The molecule has 86 valence electrons. The molecule has 1 N–H and O–H groups in total. The fraction of sp³-hybridized carbons (Fsp3) is 0.571. The zero-order chi connectivity index (χ0) is 10.8. The van der Waals surface area contributed by atoms with E-state index in [1.807, 2.05) is 18.2 Å². The number of furan rings is 1. The largest absolute Gasteiger partial charge is 0.465 e. The third-order valence-electron chi connectivity index (χ3n) is 4.06. The van der Waals surface area contributed by atoms with Gasteiger partial charge in [0.15, 0.2) is 0 Å². The predicted octanol–water partition coefficient (Wildman–Crippen LogP) is 3.07. The lowest BCUT2D eigenvalue weighted by Crippen LogP contribution is -2.33. The van der Waals surface area contributed by atoms with E-state index >= 15 is 0 Å². The van der Waals surface area contributed by atoms with Crippen molar-refractivity contribution in [1.82, 2.24) is 5.32 Å². The summed E-state index contributed by atoms with van der Waals surface area (Å²) in [7, 11) is 0. The van der Waals surface area contributed by atoms with Gasteiger partial charge in [-0.3, -0.25) is 0 Å². The Bertz CT molecular complexity index is 355. The molecule has 1 aromatic heterocycles. The number of nitrogens with one attached hydrogen (secondary N) is 1. The average Bonchev–Trinajstić information content (AvgIpc) is 3.01. The summed E-state index contributed by atoms with van der Waals surface area (Å²) in [6.45, 7) is 0.967. The first kappa shape index (κ1) is 10.2. The van der Waals surface area contributed by atoms with Gasteiger partial charge in [0.05, 0.1) is 6.26 Å². The van der Waals surface area contributed by atoms with Crippen molar-refractivity contribution in [1.29, 1.82) is 0 Å². The third kappa shape index (κ3) is 2.07. The highest BCUT2D eigenvalue weighted by Crippen LogP contribution is 2.44. The van der Waals surface area contributed by atoms with E-state index < -0.39 is 0 Å². The Labute approximate surface area is 96.7 Å². The van der Waals surface area contributed by atoms with Gasteiger partial charge in [0.1, 0.15) is 5.76 Å². The SMILES string of the molecule is C(=C\c1ccco1)/CNC1CC2CCC1C2. The molecule has 0 saturated heterocycles. The van der Waals surface area contributed by atoms with Crippen LogP contribution in [0.5, 0.6) is 0 Å². The van der Waals surface area contributed by atoms with Crippen molar-refractivity contribution >= 4 is 6.08 Å². The molecule has 2 bridgehead atoms. The van der Waals surface area contributed by atoms with Gasteiger partial charge in [-0.1, -0.05) is 12.5 Å². The summed E-state index contributed by atoms with van der Waals surface area (Å²) < 4.78 is 5.24. The molecule has 1 aromatic rings. The molecule has 3 rings (SSSR count). The van der Waals surface area contributed by atoms with Crippen LogP contribution in [-0.4, -0.2) is 12.6 Å². The topological polar surface area (TPSA) is 25.2 Å². The lowest BCUT2D eigenvalue weighted by molar-refractivity contribution is 0.363. The van der Waals surface area contributed by atoms with E-state index in [1.54, 1.807) is 6.26 Å². The maximum absolute atomic E-state index is 5.24. The Balaban J connectivity index is 1.44. The number of hydrogen-bond donors (Lipinski definition) is 1. The molecule has 0 radical (unpaired) electrons. The molecule has 3 atom stereocenters. The standard InChI is InChI=1S/C14H19NO/c1(3-13-4-2-8-16-13)7-15-14-10-11-5-6-12(14)9-11/h1-4,8,11-12,14-15H,5-7,9-10H2/b3-1+. The minimum absolute atomic E-state index is 0.778. The maximum atomic E-state index is 5.24. The molecular formula is C14H19NO. The van der Waals surface area contributed by atoms with Crippen molar-refractivity contribution in [2.75, 3.05) is 6.54 Å². The Morgan fingerprint density at radius 3 is 3.06 bits per heavy atom. The highest BCUT2D eigenvalue weighted by molar-refractivity contribution is 5.42. The lowest BCUT2D eigenvalue weighted by Gasteiger charge is -2.22. The quantitative estimate of drug-likeness (QED) is 0.838. The summed E-state index contributed by atoms with van der Waals surface area (Å²) in [5, 5.41) is 3.65. The third-order valence-corrected chi connectivity index (χ3v) is 4.06. The Morgan fingerprint density at radius 1 is 1.38 bits per heavy atom. The molecule has 2 fully saturated rings. The second-order valence-corrected chi connectivity index (χ2v) is 5.11. The fourth-order valence-corrected chi connectivity index (χ4v) is 3.28. The number of hydrogen-bond acceptors (Lipinski definition) is 2. The zero-order valence-corrected chi connectivity index (χ0v) is 9.56. The smallest absolute Gasteiger partial charge is 0.126 e. The van der Waals surface area contributed by atoms with Crippen molar-refractivity contribution in [2.24, 2.45) is 11.8 Å². The van der Waals surface area contributed by atoms with Gasteiger partial charge >= 0.3 is 0 Å². The summed E-state index contributed by atoms with van der Waals surface area (Å²) >= 11 is 0. The average molecular weight is 217 g/mol. The van der Waals surface area contributed by atoms with Gasteiger partial charge in [0, 0.05) is 12.6 Å². The van der Waals surface area contributed by atoms with Crippen LogP contribution in [0.15, 0.2) is 28.9 Å². The molecule has 0 aliphatic heterocycles. The molecule has 16 heavy (non-hydrogen) atoms. The molecule has 0 aromatic carbocycles. The molecule has 2 aliphatic rings. The summed E-state index contributed by atoms with van der Waals surface area (Å²) in [6, 6.07) is 4.68. The molecule has 3 unspecified atom stereocenters. The summed E-state index contributed by atoms with van der Waals surface area (Å²) in [6.07, 6.45) is 11.7. The number of fused-ring (bicyclic) bond motifs is 2. The second kappa shape index (κ2) is 4.46. The second-order valence-electron chi connectivity index (χ2n) is 5.11. The van der Waals surface area contributed by atoms with E-state index in [4.69, 9.17) is 4.42 Å². The van der Waals surface area contributed by atoms with Crippen molar-refractivity contribution in [3.63, 3.8) is 0 Å². The van der Waals surface area contributed by atoms with Crippen LogP contribution in [0.2, 0.25) is 0 Å². The van der Waals surface area contributed by atoms with Crippen molar-refractivity contribution in [3.05, 3.63) is 30.2 Å². The highest BCUT2D eigenvalue weighted by atomic mass is 16.3. The normalized spacial score (nSPS) is 32.9. The molecule has 2 nitrogen and oxygen atoms in total. The predicted molar refractivity (Wildman–Crippen MR) is 65.0 cm³/mol. The molecule has 0 spiro atoms. The Hall–Kier alpha value is -1.02. The molecule has 1 heterocycles. The maximum Gasteiger partial charge on any atom is 0.126 e. The van der Waals surface area contributed by atoms with Crippen LogP contribution < -0.4 is 5.32 Å². The Morgan fingerprint density at radius 2 is 2.38 bits per heavy atom. The van der Waals surface area contributed by atoms with Crippen molar-refractivity contribution < 1.29 is 4.42 Å². The van der Waals surface area contributed by atoms with E-state index in [0.29, 0.717) is 0 Å². The summed E-state index contributed by atoms with van der Waals surface area (Å²) in [5.41, 5.74) is 0. The Kier molecular flexibility index (Phi) is 2.83. The fourth-order valence-electron chi connectivity index (χ4n) is 3.28. The van der Waals surface area contributed by atoms with Gasteiger partial charge in [-0.05, 0) is 49.3 Å². The monoisotopic (exact) mass is 217 g/mol. The molecule has 2 aliphatic carbocycles. The highest BCUT2D eigenvalue weighted by Gasteiger charge is 2.38. The summed E-state index contributed by atoms with van der Waals surface area (Å²) in [4.78, 5) is 0. The van der Waals surface area contributed by atoms with Gasteiger partial charge in [-0.25, -0.2) is 0 Å². The van der Waals surface area contributed by atoms with Crippen LogP contribution in [0.25, 0.3) is 6.08 Å². The van der Waals surface area contributed by atoms with Crippen molar-refractivity contribution in [2.45, 2.75) is 31.7 Å². The first-order valence-corrected chi connectivity index (χ1v) is 6.35. The van der Waals surface area contributed by atoms with Crippen LogP contribution in [0.1, 0.15) is 31.4 Å². The van der Waals surface area contributed by atoms with Crippen LogP contribution in [0, 0.1) is 11.8 Å².